The Morgan fingerprint density at radius 2 is 1.89 bits per heavy atom. The molecule has 3 aromatic rings. The number of phenolic OH excluding ortho intramolecular Hbond substituents is 1. The number of nitrogens with one attached hydrogen (secondary N) is 1. The maximum Gasteiger partial charge on any atom is 0.276 e. The molecule has 0 radical (unpaired) electrons. The highest BCUT2D eigenvalue weighted by Gasteiger charge is 2.14. The molecule has 146 valence electrons. The SMILES string of the molecule is CC(C)(C)c1ccc(OCn2ccc(C(=O)Nc3cc(Cl)ccc3O)n2)cc1. The number of carbonyl (C=O) groups excluding carboxylic acids is 1. The summed E-state index contributed by atoms with van der Waals surface area (Å²) < 4.78 is 7.24. The molecule has 1 heterocycles. The lowest BCUT2D eigenvalue weighted by atomic mass is 9.87. The van der Waals surface area contributed by atoms with Crippen LogP contribution in [0.25, 0.3) is 0 Å². The van der Waals surface area contributed by atoms with E-state index in [0.717, 1.165) is 5.75 Å². The maximum atomic E-state index is 12.3. The molecular weight excluding hydrogens is 378 g/mol. The fourth-order valence-corrected chi connectivity index (χ4v) is 2.71. The number of hydrogen-bond acceptors (Lipinski definition) is 4. The van der Waals surface area contributed by atoms with Gasteiger partial charge in [-0.25, -0.2) is 4.68 Å². The summed E-state index contributed by atoms with van der Waals surface area (Å²) in [5.41, 5.74) is 1.73. The smallest absolute Gasteiger partial charge is 0.276 e. The van der Waals surface area contributed by atoms with E-state index in [0.29, 0.717) is 5.02 Å². The third-order valence-electron chi connectivity index (χ3n) is 4.16. The lowest BCUT2D eigenvalue weighted by Gasteiger charge is -2.19. The molecule has 1 amide bonds. The highest BCUT2D eigenvalue weighted by molar-refractivity contribution is 6.31. The van der Waals surface area contributed by atoms with E-state index in [1.807, 2.05) is 24.3 Å². The molecule has 0 saturated carbocycles. The summed E-state index contributed by atoms with van der Waals surface area (Å²) >= 11 is 5.89. The van der Waals surface area contributed by atoms with E-state index in [2.05, 4.69) is 31.2 Å². The Labute approximate surface area is 168 Å². The molecule has 0 aliphatic heterocycles. The lowest BCUT2D eigenvalue weighted by molar-refractivity contribution is 0.102. The number of anilines is 1. The number of aromatic nitrogens is 2. The van der Waals surface area contributed by atoms with Crippen LogP contribution in [0.2, 0.25) is 5.02 Å². The molecule has 28 heavy (non-hydrogen) atoms. The Morgan fingerprint density at radius 1 is 1.18 bits per heavy atom. The molecule has 0 aliphatic carbocycles. The third-order valence-corrected chi connectivity index (χ3v) is 4.40. The number of ether oxygens (including phenoxy) is 1. The Morgan fingerprint density at radius 3 is 2.57 bits per heavy atom. The molecule has 0 aliphatic rings. The van der Waals surface area contributed by atoms with Gasteiger partial charge in [0.2, 0.25) is 0 Å². The first-order valence-electron chi connectivity index (χ1n) is 8.79. The average molecular weight is 400 g/mol. The molecule has 7 heteroatoms. The number of hydrogen-bond donors (Lipinski definition) is 2. The van der Waals surface area contributed by atoms with Gasteiger partial charge in [0.25, 0.3) is 5.91 Å². The van der Waals surface area contributed by atoms with E-state index < -0.39 is 5.91 Å². The van der Waals surface area contributed by atoms with E-state index in [1.54, 1.807) is 12.3 Å². The van der Waals surface area contributed by atoms with Gasteiger partial charge in [0, 0.05) is 11.2 Å². The van der Waals surface area contributed by atoms with Crippen LogP contribution in [0.4, 0.5) is 5.69 Å². The Hall–Kier alpha value is -2.99. The van der Waals surface area contributed by atoms with E-state index >= 15 is 0 Å². The van der Waals surface area contributed by atoms with Crippen molar-refractivity contribution in [2.75, 3.05) is 5.32 Å². The van der Waals surface area contributed by atoms with Crippen molar-refractivity contribution in [1.29, 1.82) is 0 Å². The fourth-order valence-electron chi connectivity index (χ4n) is 2.54. The standard InChI is InChI=1S/C21H22ClN3O3/c1-21(2,3)14-4-7-16(8-5-14)28-13-25-11-10-17(24-25)20(27)23-18-12-15(22)6-9-19(18)26/h4-12,26H,13H2,1-3H3,(H,23,27). The van der Waals surface area contributed by atoms with Crippen LogP contribution >= 0.6 is 11.6 Å². The summed E-state index contributed by atoms with van der Waals surface area (Å²) in [5.74, 6) is 0.198. The highest BCUT2D eigenvalue weighted by Crippen LogP contribution is 2.27. The molecule has 0 unspecified atom stereocenters. The van der Waals surface area contributed by atoms with Gasteiger partial charge in [-0.3, -0.25) is 4.79 Å². The minimum Gasteiger partial charge on any atom is -0.506 e. The predicted octanol–water partition coefficient (Wildman–Crippen LogP) is 4.83. The average Bonchev–Trinajstić information content (AvgIpc) is 3.12. The molecule has 2 aromatic carbocycles. The van der Waals surface area contributed by atoms with Crippen molar-refractivity contribution in [2.24, 2.45) is 0 Å². The van der Waals surface area contributed by atoms with Crippen molar-refractivity contribution in [3.63, 3.8) is 0 Å². The zero-order chi connectivity index (χ0) is 20.3. The van der Waals surface area contributed by atoms with Crippen LogP contribution in [-0.4, -0.2) is 20.8 Å². The first-order chi connectivity index (χ1) is 13.2. The zero-order valence-corrected chi connectivity index (χ0v) is 16.7. The van der Waals surface area contributed by atoms with Gasteiger partial charge in [-0.2, -0.15) is 5.10 Å². The molecule has 0 atom stereocenters. The van der Waals surface area contributed by atoms with Gasteiger partial charge in [0.05, 0.1) is 5.69 Å². The van der Waals surface area contributed by atoms with Crippen LogP contribution in [0.5, 0.6) is 11.5 Å². The number of aromatic hydroxyl groups is 1. The topological polar surface area (TPSA) is 76.4 Å². The second-order valence-corrected chi connectivity index (χ2v) is 7.84. The second-order valence-electron chi connectivity index (χ2n) is 7.40. The van der Waals surface area contributed by atoms with Gasteiger partial charge in [-0.15, -0.1) is 0 Å². The molecule has 2 N–H and O–H groups in total. The highest BCUT2D eigenvalue weighted by atomic mass is 35.5. The van der Waals surface area contributed by atoms with Crippen LogP contribution in [0, 0.1) is 0 Å². The first kappa shape index (κ1) is 19.8. The van der Waals surface area contributed by atoms with Crippen molar-refractivity contribution in [3.8, 4) is 11.5 Å². The van der Waals surface area contributed by atoms with E-state index in [-0.39, 0.29) is 29.3 Å². The van der Waals surface area contributed by atoms with Gasteiger partial charge in [0.15, 0.2) is 12.4 Å². The molecule has 3 rings (SSSR count). The molecular formula is C21H22ClN3O3. The van der Waals surface area contributed by atoms with Gasteiger partial charge in [-0.05, 0) is 47.4 Å². The summed E-state index contributed by atoms with van der Waals surface area (Å²) in [4.78, 5) is 12.3. The summed E-state index contributed by atoms with van der Waals surface area (Å²) in [6, 6.07) is 13.9. The van der Waals surface area contributed by atoms with E-state index in [4.69, 9.17) is 16.3 Å². The molecule has 0 fully saturated rings. The largest absolute Gasteiger partial charge is 0.506 e. The van der Waals surface area contributed by atoms with E-state index in [9.17, 15) is 9.90 Å². The Bertz CT molecular complexity index is 975. The minimum atomic E-state index is -0.453. The number of benzene rings is 2. The lowest BCUT2D eigenvalue weighted by Crippen LogP contribution is -2.14. The third kappa shape index (κ3) is 4.84. The molecule has 0 bridgehead atoms. The van der Waals surface area contributed by atoms with Crippen molar-refractivity contribution >= 4 is 23.2 Å². The number of phenols is 1. The number of carbonyl (C=O) groups is 1. The number of nitrogens with zero attached hydrogens (tertiary/aromatic N) is 2. The quantitative estimate of drug-likeness (QED) is 0.602. The second kappa shape index (κ2) is 7.94. The van der Waals surface area contributed by atoms with Gasteiger partial charge < -0.3 is 15.2 Å². The monoisotopic (exact) mass is 399 g/mol. The van der Waals surface area contributed by atoms with Gasteiger partial charge in [0.1, 0.15) is 11.5 Å². The summed E-state index contributed by atoms with van der Waals surface area (Å²) in [6.07, 6.45) is 1.65. The van der Waals surface area contributed by atoms with E-state index in [1.165, 1.54) is 28.4 Å². The van der Waals surface area contributed by atoms with Crippen molar-refractivity contribution in [2.45, 2.75) is 32.9 Å². The molecule has 1 aromatic heterocycles. The van der Waals surface area contributed by atoms with Crippen molar-refractivity contribution in [1.82, 2.24) is 9.78 Å². The molecule has 0 spiro atoms. The maximum absolute atomic E-state index is 12.3. The fraction of sp³-hybridized carbons (Fsp3) is 0.238. The first-order valence-corrected chi connectivity index (χ1v) is 9.17. The zero-order valence-electron chi connectivity index (χ0n) is 15.9. The number of halogens is 1. The normalized spacial score (nSPS) is 11.3. The predicted molar refractivity (Wildman–Crippen MR) is 109 cm³/mol. The van der Waals surface area contributed by atoms with Crippen LogP contribution in [0.1, 0.15) is 36.8 Å². The number of rotatable bonds is 5. The summed E-state index contributed by atoms with van der Waals surface area (Å²) in [5, 5.41) is 17.0. The number of amides is 1. The van der Waals surface area contributed by atoms with Crippen LogP contribution in [0.15, 0.2) is 54.7 Å². The summed E-state index contributed by atoms with van der Waals surface area (Å²) in [7, 11) is 0. The molecule has 6 nitrogen and oxygen atoms in total. The Balaban J connectivity index is 1.61. The molecule has 0 saturated heterocycles. The van der Waals surface area contributed by atoms with Crippen LogP contribution < -0.4 is 10.1 Å². The minimum absolute atomic E-state index is 0.0702. The van der Waals surface area contributed by atoms with Gasteiger partial charge >= 0.3 is 0 Å². The van der Waals surface area contributed by atoms with Crippen LogP contribution in [0.3, 0.4) is 0 Å². The van der Waals surface area contributed by atoms with Gasteiger partial charge in [-0.1, -0.05) is 44.5 Å². The van der Waals surface area contributed by atoms with Crippen molar-refractivity contribution < 1.29 is 14.6 Å². The summed E-state index contributed by atoms with van der Waals surface area (Å²) in [6.45, 7) is 6.64. The van der Waals surface area contributed by atoms with Crippen LogP contribution in [-0.2, 0) is 12.1 Å². The Kier molecular flexibility index (Phi) is 5.61. The van der Waals surface area contributed by atoms with Crippen molar-refractivity contribution in [3.05, 3.63) is 71.0 Å².